The average Bonchev–Trinajstić information content (AvgIpc) is 2.46. The van der Waals surface area contributed by atoms with Crippen LogP contribution in [0.3, 0.4) is 0 Å². The highest BCUT2D eigenvalue weighted by molar-refractivity contribution is 5.82. The summed E-state index contributed by atoms with van der Waals surface area (Å²) in [5, 5.41) is 8.78. The Morgan fingerprint density at radius 3 is 2.64 bits per heavy atom. The molecule has 0 fully saturated rings. The second-order valence-corrected chi connectivity index (χ2v) is 5.52. The van der Waals surface area contributed by atoms with E-state index in [-0.39, 0.29) is 30.8 Å². The van der Waals surface area contributed by atoms with Gasteiger partial charge < -0.3 is 14.9 Å². The molecule has 1 heterocycles. The maximum atomic E-state index is 12.2. The first-order chi connectivity index (χ1) is 10.4. The number of carboxylic acid groups (broad SMARTS) is 1. The van der Waals surface area contributed by atoms with Crippen LogP contribution < -0.4 is 0 Å². The van der Waals surface area contributed by atoms with Gasteiger partial charge in [0.2, 0.25) is 11.8 Å². The monoisotopic (exact) mass is 304 g/mol. The molecule has 2 rings (SSSR count). The van der Waals surface area contributed by atoms with Crippen molar-refractivity contribution in [3.63, 3.8) is 0 Å². The summed E-state index contributed by atoms with van der Waals surface area (Å²) in [6.07, 6.45) is 0.867. The highest BCUT2D eigenvalue weighted by atomic mass is 16.4. The van der Waals surface area contributed by atoms with E-state index in [0.29, 0.717) is 6.54 Å². The van der Waals surface area contributed by atoms with Gasteiger partial charge in [-0.25, -0.2) is 0 Å². The van der Waals surface area contributed by atoms with Crippen molar-refractivity contribution in [2.45, 2.75) is 25.8 Å². The Bertz CT molecular complexity index is 600. The van der Waals surface area contributed by atoms with E-state index in [2.05, 4.69) is 0 Å². The van der Waals surface area contributed by atoms with E-state index in [9.17, 15) is 14.4 Å². The molecular formula is C16H20N2O4. The number of nitrogens with zero attached hydrogens (tertiary/aromatic N) is 2. The number of carbonyl (C=O) groups is 3. The molecule has 22 heavy (non-hydrogen) atoms. The van der Waals surface area contributed by atoms with Crippen LogP contribution in [0.5, 0.6) is 0 Å². The lowest BCUT2D eigenvalue weighted by Gasteiger charge is -2.37. The second kappa shape index (κ2) is 6.60. The average molecular weight is 304 g/mol. The van der Waals surface area contributed by atoms with Crippen molar-refractivity contribution >= 4 is 17.8 Å². The van der Waals surface area contributed by atoms with Crippen LogP contribution in [0.2, 0.25) is 0 Å². The number of benzene rings is 1. The molecule has 1 aliphatic heterocycles. The molecule has 0 saturated carbocycles. The van der Waals surface area contributed by atoms with Crippen LogP contribution in [-0.4, -0.2) is 52.8 Å². The smallest absolute Gasteiger partial charge is 0.323 e. The molecule has 0 unspecified atom stereocenters. The summed E-state index contributed by atoms with van der Waals surface area (Å²) in [5.74, 6) is -1.41. The normalized spacial score (nSPS) is 16.8. The van der Waals surface area contributed by atoms with Crippen LogP contribution >= 0.6 is 0 Å². The number of carbonyl (C=O) groups excluding carboxylic acids is 2. The summed E-state index contributed by atoms with van der Waals surface area (Å²) < 4.78 is 0. The highest BCUT2D eigenvalue weighted by Gasteiger charge is 2.31. The lowest BCUT2D eigenvalue weighted by Crippen LogP contribution is -2.42. The number of carboxylic acids is 1. The zero-order valence-corrected chi connectivity index (χ0v) is 12.8. The predicted molar refractivity (Wildman–Crippen MR) is 80.2 cm³/mol. The number of amides is 2. The van der Waals surface area contributed by atoms with Crippen molar-refractivity contribution in [2.24, 2.45) is 0 Å². The Kier molecular flexibility index (Phi) is 4.80. The van der Waals surface area contributed by atoms with E-state index < -0.39 is 5.97 Å². The highest BCUT2D eigenvalue weighted by Crippen LogP contribution is 2.32. The molecule has 2 amide bonds. The molecule has 0 spiro atoms. The van der Waals surface area contributed by atoms with Crippen molar-refractivity contribution in [1.82, 2.24) is 9.80 Å². The van der Waals surface area contributed by atoms with E-state index >= 15 is 0 Å². The van der Waals surface area contributed by atoms with Gasteiger partial charge >= 0.3 is 5.97 Å². The summed E-state index contributed by atoms with van der Waals surface area (Å²) >= 11 is 0. The Labute approximate surface area is 129 Å². The molecule has 0 aromatic heterocycles. The maximum Gasteiger partial charge on any atom is 0.323 e. The Morgan fingerprint density at radius 2 is 2.00 bits per heavy atom. The minimum absolute atomic E-state index is 0.0757. The van der Waals surface area contributed by atoms with Crippen molar-refractivity contribution in [1.29, 1.82) is 0 Å². The van der Waals surface area contributed by atoms with Crippen molar-refractivity contribution in [2.75, 3.05) is 20.1 Å². The molecular weight excluding hydrogens is 284 g/mol. The van der Waals surface area contributed by atoms with E-state index in [1.165, 1.54) is 18.9 Å². The standard InChI is InChI=1S/C16H20N2O4/c1-11(19)18-8-7-12-5-3-4-6-13(12)14(18)9-15(20)17(2)10-16(21)22/h3-6,14H,7-10H2,1-2H3,(H,21,22)/t14-/m1/s1. The fraction of sp³-hybridized carbons (Fsp3) is 0.438. The molecule has 0 saturated heterocycles. The molecule has 0 aliphatic carbocycles. The van der Waals surface area contributed by atoms with Crippen LogP contribution in [0.4, 0.5) is 0 Å². The minimum Gasteiger partial charge on any atom is -0.480 e. The maximum absolute atomic E-state index is 12.2. The topological polar surface area (TPSA) is 77.9 Å². The number of rotatable bonds is 4. The van der Waals surface area contributed by atoms with E-state index in [1.807, 2.05) is 24.3 Å². The molecule has 1 aliphatic rings. The van der Waals surface area contributed by atoms with Crippen LogP contribution in [0.1, 0.15) is 30.5 Å². The predicted octanol–water partition coefficient (Wildman–Crippen LogP) is 1.07. The van der Waals surface area contributed by atoms with Gasteiger partial charge in [0.1, 0.15) is 6.54 Å². The summed E-state index contributed by atoms with van der Waals surface area (Å²) in [5.41, 5.74) is 2.11. The number of aliphatic carboxylic acids is 1. The molecule has 118 valence electrons. The largest absolute Gasteiger partial charge is 0.480 e. The number of fused-ring (bicyclic) bond motifs is 1. The zero-order chi connectivity index (χ0) is 16.3. The molecule has 1 aromatic rings. The first kappa shape index (κ1) is 16.0. The Hall–Kier alpha value is -2.37. The third-order valence-corrected chi connectivity index (χ3v) is 3.98. The molecule has 6 heteroatoms. The SMILES string of the molecule is CC(=O)N1CCc2ccccc2[C@H]1CC(=O)N(C)CC(=O)O. The van der Waals surface area contributed by atoms with E-state index in [1.54, 1.807) is 4.90 Å². The molecule has 0 bridgehead atoms. The van der Waals surface area contributed by atoms with Gasteiger partial charge in [0, 0.05) is 20.5 Å². The number of hydrogen-bond donors (Lipinski definition) is 1. The Balaban J connectivity index is 2.23. The Morgan fingerprint density at radius 1 is 1.32 bits per heavy atom. The van der Waals surface area contributed by atoms with Crippen LogP contribution in [0.15, 0.2) is 24.3 Å². The van der Waals surface area contributed by atoms with Gasteiger partial charge in [0.05, 0.1) is 12.5 Å². The fourth-order valence-corrected chi connectivity index (χ4v) is 2.86. The molecule has 0 radical (unpaired) electrons. The van der Waals surface area contributed by atoms with Gasteiger partial charge in [-0.1, -0.05) is 24.3 Å². The molecule has 1 N–H and O–H groups in total. The molecule has 1 aromatic carbocycles. The third-order valence-electron chi connectivity index (χ3n) is 3.98. The summed E-state index contributed by atoms with van der Waals surface area (Å²) in [4.78, 5) is 37.7. The number of hydrogen-bond acceptors (Lipinski definition) is 3. The van der Waals surface area contributed by atoms with E-state index in [0.717, 1.165) is 17.5 Å². The van der Waals surface area contributed by atoms with Gasteiger partial charge in [0.25, 0.3) is 0 Å². The first-order valence-electron chi connectivity index (χ1n) is 7.21. The van der Waals surface area contributed by atoms with Gasteiger partial charge in [-0.2, -0.15) is 0 Å². The van der Waals surface area contributed by atoms with Gasteiger partial charge in [-0.15, -0.1) is 0 Å². The number of likely N-dealkylation sites (N-methyl/N-ethyl adjacent to an activating group) is 1. The van der Waals surface area contributed by atoms with E-state index in [4.69, 9.17) is 5.11 Å². The second-order valence-electron chi connectivity index (χ2n) is 5.52. The van der Waals surface area contributed by atoms with Crippen molar-refractivity contribution < 1.29 is 19.5 Å². The van der Waals surface area contributed by atoms with Crippen molar-refractivity contribution in [3.8, 4) is 0 Å². The lowest BCUT2D eigenvalue weighted by molar-refractivity contribution is -0.144. The van der Waals surface area contributed by atoms with Crippen LogP contribution in [-0.2, 0) is 20.8 Å². The third kappa shape index (κ3) is 3.44. The first-order valence-corrected chi connectivity index (χ1v) is 7.21. The van der Waals surface area contributed by atoms with Crippen LogP contribution in [0.25, 0.3) is 0 Å². The summed E-state index contributed by atoms with van der Waals surface area (Å²) in [6.45, 7) is 1.73. The summed E-state index contributed by atoms with van der Waals surface area (Å²) in [6, 6.07) is 7.44. The summed E-state index contributed by atoms with van der Waals surface area (Å²) in [7, 11) is 1.46. The van der Waals surface area contributed by atoms with Gasteiger partial charge in [0.15, 0.2) is 0 Å². The van der Waals surface area contributed by atoms with Gasteiger partial charge in [-0.05, 0) is 17.5 Å². The molecule has 6 nitrogen and oxygen atoms in total. The minimum atomic E-state index is -1.05. The van der Waals surface area contributed by atoms with Crippen LogP contribution in [0, 0.1) is 0 Å². The quantitative estimate of drug-likeness (QED) is 0.902. The lowest BCUT2D eigenvalue weighted by atomic mass is 9.90. The zero-order valence-electron chi connectivity index (χ0n) is 12.8. The van der Waals surface area contributed by atoms with Crippen molar-refractivity contribution in [3.05, 3.63) is 35.4 Å². The fourth-order valence-electron chi connectivity index (χ4n) is 2.86. The van der Waals surface area contributed by atoms with Gasteiger partial charge in [-0.3, -0.25) is 14.4 Å². The molecule has 1 atom stereocenters.